The third kappa shape index (κ3) is 2.78. The van der Waals surface area contributed by atoms with E-state index in [1.165, 1.54) is 11.3 Å². The summed E-state index contributed by atoms with van der Waals surface area (Å²) in [6.45, 7) is 5.83. The molecule has 1 aliphatic carbocycles. The fraction of sp³-hybridized carbons (Fsp3) is 0.615. The van der Waals surface area contributed by atoms with Crippen molar-refractivity contribution >= 4 is 23.2 Å². The maximum atomic E-state index is 12.1. The first-order chi connectivity index (χ1) is 8.87. The molecular weight excluding hydrogens is 264 g/mol. The maximum absolute atomic E-state index is 12.1. The van der Waals surface area contributed by atoms with E-state index in [2.05, 4.69) is 10.3 Å². The largest absolute Gasteiger partial charge is 0.481 e. The van der Waals surface area contributed by atoms with Crippen LogP contribution in [0.3, 0.4) is 0 Å². The summed E-state index contributed by atoms with van der Waals surface area (Å²) < 4.78 is 0. The Kier molecular flexibility index (Phi) is 3.62. The summed E-state index contributed by atoms with van der Waals surface area (Å²) in [5.41, 5.74) is 0.422. The lowest BCUT2D eigenvalue weighted by Gasteiger charge is -2.27. The van der Waals surface area contributed by atoms with E-state index in [-0.39, 0.29) is 11.8 Å². The molecule has 2 rings (SSSR count). The monoisotopic (exact) mass is 282 g/mol. The highest BCUT2D eigenvalue weighted by atomic mass is 32.1. The molecule has 1 aromatic heterocycles. The molecule has 1 heterocycles. The van der Waals surface area contributed by atoms with E-state index in [9.17, 15) is 9.59 Å². The first-order valence-electron chi connectivity index (χ1n) is 6.35. The topological polar surface area (TPSA) is 79.3 Å². The molecule has 0 aliphatic heterocycles. The third-order valence-corrected chi connectivity index (χ3v) is 4.87. The van der Waals surface area contributed by atoms with Gasteiger partial charge in [-0.15, -0.1) is 11.3 Å². The van der Waals surface area contributed by atoms with Gasteiger partial charge in [0.05, 0.1) is 17.4 Å². The zero-order valence-electron chi connectivity index (χ0n) is 11.3. The van der Waals surface area contributed by atoms with Gasteiger partial charge in [-0.05, 0) is 26.7 Å². The number of nitrogens with one attached hydrogen (secondary N) is 1. The number of carbonyl (C=O) groups excluding carboxylic acids is 1. The molecule has 0 unspecified atom stereocenters. The van der Waals surface area contributed by atoms with E-state index in [0.717, 1.165) is 17.1 Å². The van der Waals surface area contributed by atoms with Gasteiger partial charge in [0.25, 0.3) is 0 Å². The van der Waals surface area contributed by atoms with Crippen molar-refractivity contribution in [3.8, 4) is 0 Å². The summed E-state index contributed by atoms with van der Waals surface area (Å²) in [5, 5.41) is 14.6. The first-order valence-corrected chi connectivity index (χ1v) is 7.23. The number of nitrogens with zero attached hydrogens (tertiary/aromatic N) is 1. The molecule has 5 nitrogen and oxygen atoms in total. The minimum absolute atomic E-state index is 0.176. The van der Waals surface area contributed by atoms with E-state index in [0.29, 0.717) is 6.42 Å². The average Bonchev–Trinajstić information content (AvgIpc) is 3.05. The molecule has 19 heavy (non-hydrogen) atoms. The van der Waals surface area contributed by atoms with Crippen molar-refractivity contribution in [2.75, 3.05) is 0 Å². The Balaban J connectivity index is 2.07. The summed E-state index contributed by atoms with van der Waals surface area (Å²) in [4.78, 5) is 27.3. The number of amides is 1. The fourth-order valence-electron chi connectivity index (χ4n) is 2.02. The fourth-order valence-corrected chi connectivity index (χ4v) is 3.01. The number of aliphatic carboxylic acids is 1. The van der Waals surface area contributed by atoms with Crippen molar-refractivity contribution in [3.05, 3.63) is 16.1 Å². The van der Waals surface area contributed by atoms with Crippen molar-refractivity contribution in [2.24, 2.45) is 11.8 Å². The Morgan fingerprint density at radius 2 is 2.26 bits per heavy atom. The Hall–Kier alpha value is -1.43. The average molecular weight is 282 g/mol. The molecule has 0 spiro atoms. The standard InChI is InChI=1S/C13H18N2O3S/c1-4-13(3,12-14-7(2)6-19-12)15-10(16)8-5-9(8)11(17)18/h6,8-9H,4-5H2,1-3H3,(H,15,16)(H,17,18)/t8-,9+,13-/m0/s1. The molecule has 0 aromatic carbocycles. The number of carbonyl (C=O) groups is 2. The third-order valence-electron chi connectivity index (χ3n) is 3.64. The highest BCUT2D eigenvalue weighted by Crippen LogP contribution is 2.40. The summed E-state index contributed by atoms with van der Waals surface area (Å²) in [6, 6.07) is 0. The van der Waals surface area contributed by atoms with Gasteiger partial charge >= 0.3 is 5.97 Å². The van der Waals surface area contributed by atoms with Crippen LogP contribution in [0, 0.1) is 18.8 Å². The highest BCUT2D eigenvalue weighted by Gasteiger charge is 2.49. The van der Waals surface area contributed by atoms with Gasteiger partial charge in [-0.3, -0.25) is 9.59 Å². The van der Waals surface area contributed by atoms with Crippen LogP contribution in [0.15, 0.2) is 5.38 Å². The van der Waals surface area contributed by atoms with E-state index in [4.69, 9.17) is 5.11 Å². The van der Waals surface area contributed by atoms with E-state index >= 15 is 0 Å². The number of hydrogen-bond donors (Lipinski definition) is 2. The van der Waals surface area contributed by atoms with Gasteiger partial charge in [-0.2, -0.15) is 0 Å². The van der Waals surface area contributed by atoms with E-state index in [1.54, 1.807) is 0 Å². The molecule has 0 radical (unpaired) electrons. The van der Waals surface area contributed by atoms with Crippen LogP contribution in [0.25, 0.3) is 0 Å². The van der Waals surface area contributed by atoms with Crippen LogP contribution in [0.4, 0.5) is 0 Å². The van der Waals surface area contributed by atoms with Crippen LogP contribution in [0.1, 0.15) is 37.4 Å². The minimum atomic E-state index is -0.886. The summed E-state index contributed by atoms with van der Waals surface area (Å²) in [5.74, 6) is -1.96. The lowest BCUT2D eigenvalue weighted by Crippen LogP contribution is -2.44. The summed E-state index contributed by atoms with van der Waals surface area (Å²) in [7, 11) is 0. The van der Waals surface area contributed by atoms with E-state index < -0.39 is 17.4 Å². The molecule has 6 heteroatoms. The molecule has 1 fully saturated rings. The number of carboxylic acids is 1. The smallest absolute Gasteiger partial charge is 0.307 e. The van der Waals surface area contributed by atoms with Gasteiger partial charge in [0.1, 0.15) is 5.01 Å². The lowest BCUT2D eigenvalue weighted by molar-refractivity contribution is -0.140. The Labute approximate surface area is 116 Å². The van der Waals surface area contributed by atoms with Crippen LogP contribution >= 0.6 is 11.3 Å². The number of aryl methyl sites for hydroxylation is 1. The molecule has 0 bridgehead atoms. The molecule has 1 saturated carbocycles. The Morgan fingerprint density at radius 1 is 1.58 bits per heavy atom. The summed E-state index contributed by atoms with van der Waals surface area (Å²) in [6.07, 6.45) is 1.16. The summed E-state index contributed by atoms with van der Waals surface area (Å²) >= 11 is 1.52. The van der Waals surface area contributed by atoms with Crippen molar-refractivity contribution in [3.63, 3.8) is 0 Å². The van der Waals surface area contributed by atoms with Crippen LogP contribution < -0.4 is 5.32 Å². The molecule has 2 N–H and O–H groups in total. The number of carboxylic acid groups (broad SMARTS) is 1. The second-order valence-electron chi connectivity index (χ2n) is 5.26. The lowest BCUT2D eigenvalue weighted by atomic mass is 9.99. The van der Waals surface area contributed by atoms with Gasteiger partial charge in [0.15, 0.2) is 0 Å². The molecule has 1 aromatic rings. The normalized spacial score (nSPS) is 24.6. The van der Waals surface area contributed by atoms with Gasteiger partial charge in [0, 0.05) is 11.1 Å². The number of thiazole rings is 1. The second-order valence-corrected chi connectivity index (χ2v) is 6.11. The second kappa shape index (κ2) is 4.92. The molecule has 104 valence electrons. The maximum Gasteiger partial charge on any atom is 0.307 e. The highest BCUT2D eigenvalue weighted by molar-refractivity contribution is 7.09. The number of aromatic nitrogens is 1. The molecule has 1 aliphatic rings. The molecular formula is C13H18N2O3S. The van der Waals surface area contributed by atoms with E-state index in [1.807, 2.05) is 26.2 Å². The van der Waals surface area contributed by atoms with Crippen molar-refractivity contribution in [1.82, 2.24) is 10.3 Å². The van der Waals surface area contributed by atoms with Crippen LogP contribution in [0.2, 0.25) is 0 Å². The van der Waals surface area contributed by atoms with Crippen molar-refractivity contribution < 1.29 is 14.7 Å². The van der Waals surface area contributed by atoms with Crippen LogP contribution in [0.5, 0.6) is 0 Å². The SMILES string of the molecule is CC[C@](C)(NC(=O)[C@H]1C[C@H]1C(=O)O)c1nc(C)cs1. The Bertz CT molecular complexity index is 514. The molecule has 3 atom stereocenters. The quantitative estimate of drug-likeness (QED) is 0.864. The van der Waals surface area contributed by atoms with Crippen molar-refractivity contribution in [1.29, 1.82) is 0 Å². The van der Waals surface area contributed by atoms with Crippen molar-refractivity contribution in [2.45, 2.75) is 39.2 Å². The van der Waals surface area contributed by atoms with Gasteiger partial charge < -0.3 is 10.4 Å². The zero-order chi connectivity index (χ0) is 14.2. The van der Waals surface area contributed by atoms with Crippen LogP contribution in [-0.2, 0) is 15.1 Å². The number of rotatable bonds is 5. The predicted molar refractivity (Wildman–Crippen MR) is 71.9 cm³/mol. The van der Waals surface area contributed by atoms with Gasteiger partial charge in [0.2, 0.25) is 5.91 Å². The molecule has 0 saturated heterocycles. The molecule has 1 amide bonds. The predicted octanol–water partition coefficient (Wildman–Crippen LogP) is 1.91. The van der Waals surface area contributed by atoms with Gasteiger partial charge in [-0.1, -0.05) is 6.92 Å². The first kappa shape index (κ1) is 14.0. The van der Waals surface area contributed by atoms with Crippen LogP contribution in [-0.4, -0.2) is 22.0 Å². The van der Waals surface area contributed by atoms with Gasteiger partial charge in [-0.25, -0.2) is 4.98 Å². The Morgan fingerprint density at radius 3 is 2.68 bits per heavy atom. The zero-order valence-corrected chi connectivity index (χ0v) is 12.1. The minimum Gasteiger partial charge on any atom is -0.481 e. The number of hydrogen-bond acceptors (Lipinski definition) is 4.